The highest BCUT2D eigenvalue weighted by molar-refractivity contribution is 7.09. The van der Waals surface area contributed by atoms with Gasteiger partial charge in [0.25, 0.3) is 5.91 Å². The highest BCUT2D eigenvalue weighted by Crippen LogP contribution is 2.68. The number of hydrogen-bond donors (Lipinski definition) is 0. The van der Waals surface area contributed by atoms with Gasteiger partial charge in [0.15, 0.2) is 0 Å². The van der Waals surface area contributed by atoms with Crippen LogP contribution >= 0.6 is 11.3 Å². The lowest BCUT2D eigenvalue weighted by Crippen LogP contribution is -2.40. The van der Waals surface area contributed by atoms with Gasteiger partial charge in [-0.2, -0.15) is 0 Å². The predicted molar refractivity (Wildman–Crippen MR) is 116 cm³/mol. The van der Waals surface area contributed by atoms with Crippen molar-refractivity contribution in [1.29, 1.82) is 0 Å². The Bertz CT molecular complexity index is 909. The fourth-order valence-corrected chi connectivity index (χ4v) is 5.79. The van der Waals surface area contributed by atoms with E-state index in [1.807, 2.05) is 22.4 Å². The van der Waals surface area contributed by atoms with Gasteiger partial charge in [0.05, 0.1) is 17.8 Å². The minimum atomic E-state index is -0.0975. The number of nitrogens with zero attached hydrogens (tertiary/aromatic N) is 3. The first kappa shape index (κ1) is 21.1. The van der Waals surface area contributed by atoms with Crippen molar-refractivity contribution < 1.29 is 14.0 Å². The second-order valence-electron chi connectivity index (χ2n) is 9.79. The molecule has 162 valence electrons. The average Bonchev–Trinajstić information content (AvgIpc) is 3.23. The molecule has 30 heavy (non-hydrogen) atoms. The number of carbonyl (C=O) groups excluding carboxylic acids is 2. The third-order valence-electron chi connectivity index (χ3n) is 7.48. The van der Waals surface area contributed by atoms with Crippen LogP contribution in [0.1, 0.15) is 67.7 Å². The summed E-state index contributed by atoms with van der Waals surface area (Å²) in [5, 5.41) is 2.85. The first-order valence-corrected chi connectivity index (χ1v) is 11.5. The van der Waals surface area contributed by atoms with E-state index >= 15 is 0 Å². The van der Waals surface area contributed by atoms with Crippen molar-refractivity contribution in [3.63, 3.8) is 0 Å². The Labute approximate surface area is 182 Å². The van der Waals surface area contributed by atoms with Crippen molar-refractivity contribution >= 4 is 23.2 Å². The lowest BCUT2D eigenvalue weighted by Gasteiger charge is -2.32. The van der Waals surface area contributed by atoms with E-state index in [0.29, 0.717) is 24.1 Å². The molecule has 6 nitrogen and oxygen atoms in total. The van der Waals surface area contributed by atoms with Crippen LogP contribution in [0.5, 0.6) is 0 Å². The summed E-state index contributed by atoms with van der Waals surface area (Å²) in [4.78, 5) is 34.0. The molecule has 2 aliphatic rings. The Balaban J connectivity index is 1.33. The van der Waals surface area contributed by atoms with Crippen molar-refractivity contribution in [2.45, 2.75) is 53.0 Å². The van der Waals surface area contributed by atoms with Crippen LogP contribution in [0.15, 0.2) is 28.2 Å². The van der Waals surface area contributed by atoms with Crippen molar-refractivity contribution in [3.05, 3.63) is 40.2 Å². The Kier molecular flexibility index (Phi) is 5.29. The molecule has 3 heterocycles. The van der Waals surface area contributed by atoms with Crippen molar-refractivity contribution in [3.8, 4) is 0 Å². The Morgan fingerprint density at radius 3 is 2.47 bits per heavy atom. The summed E-state index contributed by atoms with van der Waals surface area (Å²) in [6.07, 6.45) is 3.42. The van der Waals surface area contributed by atoms with Crippen LogP contribution in [0.3, 0.4) is 0 Å². The normalized spacial score (nSPS) is 20.9. The third kappa shape index (κ3) is 3.57. The van der Waals surface area contributed by atoms with Crippen LogP contribution in [-0.2, 0) is 11.3 Å². The second-order valence-corrected chi connectivity index (χ2v) is 10.7. The van der Waals surface area contributed by atoms with Gasteiger partial charge in [-0.15, -0.1) is 11.3 Å². The van der Waals surface area contributed by atoms with Gasteiger partial charge in [0, 0.05) is 37.4 Å². The van der Waals surface area contributed by atoms with Gasteiger partial charge in [-0.05, 0) is 35.8 Å². The molecule has 1 aliphatic heterocycles. The van der Waals surface area contributed by atoms with Crippen LogP contribution in [0.2, 0.25) is 0 Å². The Morgan fingerprint density at radius 1 is 1.23 bits per heavy atom. The maximum atomic E-state index is 13.0. The molecule has 0 aromatic carbocycles. The van der Waals surface area contributed by atoms with E-state index in [1.54, 1.807) is 29.5 Å². The zero-order chi connectivity index (χ0) is 21.7. The number of hydrogen-bond acceptors (Lipinski definition) is 5. The third-order valence-corrected chi connectivity index (χ3v) is 8.49. The lowest BCUT2D eigenvalue weighted by molar-refractivity contribution is -0.134. The smallest absolute Gasteiger partial charge is 0.273 e. The molecule has 0 bridgehead atoms. The minimum Gasteiger partial charge on any atom is -0.467 e. The van der Waals surface area contributed by atoms with E-state index in [1.165, 1.54) is 0 Å². The summed E-state index contributed by atoms with van der Waals surface area (Å²) in [6, 6.07) is 3.67. The van der Waals surface area contributed by atoms with Crippen LogP contribution < -0.4 is 0 Å². The number of thiazole rings is 1. The first-order chi connectivity index (χ1) is 14.1. The molecule has 0 atom stereocenters. The van der Waals surface area contributed by atoms with E-state index in [0.717, 1.165) is 36.7 Å². The van der Waals surface area contributed by atoms with Crippen molar-refractivity contribution in [1.82, 2.24) is 14.8 Å². The molecular weight excluding hydrogens is 398 g/mol. The van der Waals surface area contributed by atoms with E-state index in [9.17, 15) is 9.59 Å². The van der Waals surface area contributed by atoms with E-state index in [4.69, 9.17) is 4.42 Å². The zero-order valence-electron chi connectivity index (χ0n) is 18.5. The van der Waals surface area contributed by atoms with Crippen molar-refractivity contribution in [2.75, 3.05) is 20.1 Å². The van der Waals surface area contributed by atoms with E-state index in [2.05, 4.69) is 32.7 Å². The molecule has 0 radical (unpaired) electrons. The Morgan fingerprint density at radius 2 is 1.90 bits per heavy atom. The topological polar surface area (TPSA) is 66.7 Å². The van der Waals surface area contributed by atoms with Gasteiger partial charge in [-0.1, -0.05) is 27.7 Å². The fraction of sp³-hybridized carbons (Fsp3) is 0.609. The summed E-state index contributed by atoms with van der Waals surface area (Å²) in [5.74, 6) is 1.39. The highest BCUT2D eigenvalue weighted by atomic mass is 32.1. The molecule has 2 fully saturated rings. The number of furan rings is 1. The SMILES string of the molecule is CN(Cc1ccco1)C(=O)c1csc(C2CCN(C(=O)C3C(C)(C)C3(C)C)CC2)n1. The van der Waals surface area contributed by atoms with E-state index < -0.39 is 0 Å². The summed E-state index contributed by atoms with van der Waals surface area (Å²) < 4.78 is 5.32. The zero-order valence-corrected chi connectivity index (χ0v) is 19.3. The minimum absolute atomic E-state index is 0.0766. The Hall–Kier alpha value is -2.15. The molecule has 7 heteroatoms. The largest absolute Gasteiger partial charge is 0.467 e. The molecule has 1 aliphatic carbocycles. The number of aromatic nitrogens is 1. The summed E-state index contributed by atoms with van der Waals surface area (Å²) in [5.41, 5.74) is 0.643. The molecule has 4 rings (SSSR count). The summed E-state index contributed by atoms with van der Waals surface area (Å²) in [7, 11) is 1.76. The van der Waals surface area contributed by atoms with E-state index in [-0.39, 0.29) is 22.7 Å². The summed E-state index contributed by atoms with van der Waals surface area (Å²) in [6.45, 7) is 10.7. The second kappa shape index (κ2) is 7.52. The summed E-state index contributed by atoms with van der Waals surface area (Å²) >= 11 is 1.55. The van der Waals surface area contributed by atoms with Crippen LogP contribution in [0.4, 0.5) is 0 Å². The molecule has 0 N–H and O–H groups in total. The molecule has 2 amide bonds. The first-order valence-electron chi connectivity index (χ1n) is 10.6. The predicted octanol–water partition coefficient (Wildman–Crippen LogP) is 4.40. The average molecular weight is 430 g/mol. The number of carbonyl (C=O) groups is 2. The molecule has 1 saturated heterocycles. The molecular formula is C23H31N3O3S. The number of amides is 2. The maximum absolute atomic E-state index is 13.0. The molecule has 2 aromatic heterocycles. The van der Waals surface area contributed by atoms with Gasteiger partial charge < -0.3 is 14.2 Å². The standard InChI is InChI=1S/C23H31N3O3S/c1-22(2)18(23(22,3)4)21(28)26-10-8-15(9-11-26)19-24-17(14-30-19)20(27)25(5)13-16-7-6-12-29-16/h6-7,12,14-15,18H,8-11,13H2,1-5H3. The molecule has 1 saturated carbocycles. The van der Waals surface area contributed by atoms with Crippen molar-refractivity contribution in [2.24, 2.45) is 16.7 Å². The van der Waals surface area contributed by atoms with Gasteiger partial charge >= 0.3 is 0 Å². The van der Waals surface area contributed by atoms with Gasteiger partial charge in [-0.3, -0.25) is 9.59 Å². The van der Waals surface area contributed by atoms with Crippen LogP contribution in [0, 0.1) is 16.7 Å². The number of likely N-dealkylation sites (tertiary alicyclic amines) is 1. The van der Waals surface area contributed by atoms with Crippen LogP contribution in [-0.4, -0.2) is 46.7 Å². The van der Waals surface area contributed by atoms with Gasteiger partial charge in [0.1, 0.15) is 11.5 Å². The van der Waals surface area contributed by atoms with Crippen LogP contribution in [0.25, 0.3) is 0 Å². The lowest BCUT2D eigenvalue weighted by atomic mass is 9.96. The number of rotatable bonds is 5. The highest BCUT2D eigenvalue weighted by Gasteiger charge is 2.68. The van der Waals surface area contributed by atoms with Gasteiger partial charge in [-0.25, -0.2) is 4.98 Å². The molecule has 2 aromatic rings. The number of piperidine rings is 1. The van der Waals surface area contributed by atoms with Gasteiger partial charge in [0.2, 0.25) is 5.91 Å². The molecule has 0 unspecified atom stereocenters. The fourth-order valence-electron chi connectivity index (χ4n) is 4.82. The maximum Gasteiger partial charge on any atom is 0.273 e. The monoisotopic (exact) mass is 429 g/mol. The molecule has 0 spiro atoms. The quantitative estimate of drug-likeness (QED) is 0.707.